The Balaban J connectivity index is 2.28. The molecule has 0 aromatic rings. The summed E-state index contributed by atoms with van der Waals surface area (Å²) in [5.41, 5.74) is 0. The number of hydrogen-bond acceptors (Lipinski definition) is 2. The zero-order valence-corrected chi connectivity index (χ0v) is 5.93. The second-order valence-electron chi connectivity index (χ2n) is 2.60. The molecule has 1 heterocycles. The normalized spacial score (nSPS) is 28.3. The van der Waals surface area contributed by atoms with Crippen LogP contribution >= 0.6 is 0 Å². The molecule has 0 bridgehead atoms. The molecule has 0 aromatic carbocycles. The zero-order valence-electron chi connectivity index (χ0n) is 5.93. The van der Waals surface area contributed by atoms with Gasteiger partial charge in [-0.3, -0.25) is 4.99 Å². The Morgan fingerprint density at radius 2 is 2.44 bits per heavy atom. The summed E-state index contributed by atoms with van der Waals surface area (Å²) in [5, 5.41) is 3.19. The minimum absolute atomic E-state index is 0.619. The van der Waals surface area contributed by atoms with Crippen molar-refractivity contribution in [2.24, 2.45) is 4.99 Å². The van der Waals surface area contributed by atoms with Crippen LogP contribution in [0.15, 0.2) is 4.99 Å². The second-order valence-corrected chi connectivity index (χ2v) is 2.60. The Morgan fingerprint density at radius 3 is 3.33 bits per heavy atom. The molecule has 0 aliphatic carbocycles. The van der Waals surface area contributed by atoms with Crippen LogP contribution in [0.2, 0.25) is 0 Å². The number of hydrogen-bond donors (Lipinski definition) is 1. The second kappa shape index (κ2) is 3.49. The quantitative estimate of drug-likeness (QED) is 0.518. The summed E-state index contributed by atoms with van der Waals surface area (Å²) < 4.78 is 0. The molecule has 1 N–H and O–H groups in total. The van der Waals surface area contributed by atoms with Crippen LogP contribution in [0.5, 0.6) is 0 Å². The Kier molecular flexibility index (Phi) is 2.55. The number of rotatable bonds is 0. The first-order chi connectivity index (χ1) is 4.39. The summed E-state index contributed by atoms with van der Waals surface area (Å²) in [6.45, 7) is 3.19. The summed E-state index contributed by atoms with van der Waals surface area (Å²) in [4.78, 5) is 4.15. The van der Waals surface area contributed by atoms with Gasteiger partial charge in [-0.15, -0.1) is 0 Å². The maximum Gasteiger partial charge on any atom is 0.0825 e. The van der Waals surface area contributed by atoms with E-state index < -0.39 is 0 Å². The molecule has 0 aromatic heterocycles. The van der Waals surface area contributed by atoms with E-state index in [2.05, 4.69) is 17.2 Å². The van der Waals surface area contributed by atoms with Crippen molar-refractivity contribution in [1.29, 1.82) is 0 Å². The lowest BCUT2D eigenvalue weighted by atomic mass is 10.1. The largest absolute Gasteiger partial charge is 0.374 e. The highest BCUT2D eigenvalue weighted by atomic mass is 15.0. The fourth-order valence-corrected chi connectivity index (χ4v) is 0.981. The van der Waals surface area contributed by atoms with Crippen molar-refractivity contribution in [1.82, 2.24) is 5.32 Å². The molecule has 0 radical (unpaired) electrons. The molecule has 1 unspecified atom stereocenters. The van der Waals surface area contributed by atoms with Gasteiger partial charge in [0.05, 0.1) is 6.34 Å². The standard InChI is InChI=1S/C7H14N2/c1-7-4-2-3-5-8-6-9-7/h6-7H,2-5H2,1H3,(H,8,9). The molecule has 0 saturated carbocycles. The third-order valence-electron chi connectivity index (χ3n) is 1.62. The smallest absolute Gasteiger partial charge is 0.0825 e. The predicted molar refractivity (Wildman–Crippen MR) is 39.8 cm³/mol. The minimum Gasteiger partial charge on any atom is -0.374 e. The van der Waals surface area contributed by atoms with Gasteiger partial charge in [0.1, 0.15) is 0 Å². The molecule has 0 spiro atoms. The van der Waals surface area contributed by atoms with E-state index in [0.29, 0.717) is 6.04 Å². The van der Waals surface area contributed by atoms with Crippen LogP contribution in [0.4, 0.5) is 0 Å². The van der Waals surface area contributed by atoms with Gasteiger partial charge in [0.25, 0.3) is 0 Å². The van der Waals surface area contributed by atoms with E-state index in [1.165, 1.54) is 19.3 Å². The Morgan fingerprint density at radius 1 is 1.56 bits per heavy atom. The Bertz CT molecular complexity index is 99.1. The topological polar surface area (TPSA) is 24.4 Å². The molecule has 2 nitrogen and oxygen atoms in total. The summed E-state index contributed by atoms with van der Waals surface area (Å²) in [6.07, 6.45) is 5.68. The first-order valence-electron chi connectivity index (χ1n) is 3.64. The molecule has 2 heteroatoms. The molecular formula is C7H14N2. The van der Waals surface area contributed by atoms with Gasteiger partial charge < -0.3 is 5.32 Å². The Labute approximate surface area is 56.4 Å². The van der Waals surface area contributed by atoms with Crippen molar-refractivity contribution in [3.05, 3.63) is 0 Å². The number of aliphatic imine (C=N–C) groups is 1. The highest BCUT2D eigenvalue weighted by Gasteiger charge is 1.99. The molecule has 0 amide bonds. The van der Waals surface area contributed by atoms with Crippen molar-refractivity contribution in [3.63, 3.8) is 0 Å². The predicted octanol–water partition coefficient (Wildman–Crippen LogP) is 1.18. The maximum atomic E-state index is 4.15. The minimum atomic E-state index is 0.619. The fourth-order valence-electron chi connectivity index (χ4n) is 0.981. The Hall–Kier alpha value is -0.530. The summed E-state index contributed by atoms with van der Waals surface area (Å²) in [5.74, 6) is 0. The van der Waals surface area contributed by atoms with Gasteiger partial charge in [-0.05, 0) is 26.2 Å². The van der Waals surface area contributed by atoms with E-state index in [0.717, 1.165) is 6.54 Å². The van der Waals surface area contributed by atoms with Crippen molar-refractivity contribution in [2.45, 2.75) is 32.2 Å². The first kappa shape index (κ1) is 6.59. The van der Waals surface area contributed by atoms with Crippen molar-refractivity contribution in [2.75, 3.05) is 6.54 Å². The van der Waals surface area contributed by atoms with Crippen LogP contribution in [0, 0.1) is 0 Å². The molecule has 0 fully saturated rings. The zero-order chi connectivity index (χ0) is 6.53. The number of nitrogens with one attached hydrogen (secondary N) is 1. The molecule has 0 saturated heterocycles. The van der Waals surface area contributed by atoms with Gasteiger partial charge in [0, 0.05) is 12.6 Å². The summed E-state index contributed by atoms with van der Waals surface area (Å²) in [7, 11) is 0. The third-order valence-corrected chi connectivity index (χ3v) is 1.62. The molecule has 1 aliphatic heterocycles. The van der Waals surface area contributed by atoms with Gasteiger partial charge in [-0.1, -0.05) is 0 Å². The van der Waals surface area contributed by atoms with Crippen LogP contribution in [-0.2, 0) is 0 Å². The van der Waals surface area contributed by atoms with Crippen LogP contribution in [-0.4, -0.2) is 18.9 Å². The van der Waals surface area contributed by atoms with Gasteiger partial charge in [-0.2, -0.15) is 0 Å². The summed E-state index contributed by atoms with van der Waals surface area (Å²) >= 11 is 0. The van der Waals surface area contributed by atoms with E-state index >= 15 is 0 Å². The molecular weight excluding hydrogens is 112 g/mol. The van der Waals surface area contributed by atoms with Crippen molar-refractivity contribution in [3.8, 4) is 0 Å². The van der Waals surface area contributed by atoms with Crippen LogP contribution < -0.4 is 5.32 Å². The van der Waals surface area contributed by atoms with Gasteiger partial charge >= 0.3 is 0 Å². The monoisotopic (exact) mass is 126 g/mol. The molecule has 9 heavy (non-hydrogen) atoms. The maximum absolute atomic E-state index is 4.15. The molecule has 1 atom stereocenters. The van der Waals surface area contributed by atoms with E-state index in [-0.39, 0.29) is 0 Å². The van der Waals surface area contributed by atoms with E-state index in [1.54, 1.807) is 0 Å². The third kappa shape index (κ3) is 2.49. The van der Waals surface area contributed by atoms with Crippen LogP contribution in [0.3, 0.4) is 0 Å². The van der Waals surface area contributed by atoms with Crippen LogP contribution in [0.25, 0.3) is 0 Å². The highest BCUT2D eigenvalue weighted by molar-refractivity contribution is 5.54. The molecule has 1 rings (SSSR count). The van der Waals surface area contributed by atoms with E-state index in [4.69, 9.17) is 0 Å². The van der Waals surface area contributed by atoms with Gasteiger partial charge in [0.2, 0.25) is 0 Å². The van der Waals surface area contributed by atoms with Crippen molar-refractivity contribution >= 4 is 6.34 Å². The van der Waals surface area contributed by atoms with Gasteiger partial charge in [0.15, 0.2) is 0 Å². The van der Waals surface area contributed by atoms with E-state index in [9.17, 15) is 0 Å². The molecule has 52 valence electrons. The lowest BCUT2D eigenvalue weighted by Crippen LogP contribution is -2.25. The lowest BCUT2D eigenvalue weighted by molar-refractivity contribution is 0.553. The number of nitrogens with zero attached hydrogens (tertiary/aromatic N) is 1. The van der Waals surface area contributed by atoms with E-state index in [1.807, 2.05) is 6.34 Å². The average molecular weight is 126 g/mol. The fraction of sp³-hybridized carbons (Fsp3) is 0.857. The highest BCUT2D eigenvalue weighted by Crippen LogP contribution is 2.01. The SMILES string of the molecule is CC1CCCCN=CN1. The van der Waals surface area contributed by atoms with Gasteiger partial charge in [-0.25, -0.2) is 0 Å². The summed E-state index contributed by atoms with van der Waals surface area (Å²) in [6, 6.07) is 0.619. The van der Waals surface area contributed by atoms with Crippen molar-refractivity contribution < 1.29 is 0 Å². The first-order valence-corrected chi connectivity index (χ1v) is 3.64. The molecule has 1 aliphatic rings. The van der Waals surface area contributed by atoms with Crippen LogP contribution in [0.1, 0.15) is 26.2 Å². The average Bonchev–Trinajstić information content (AvgIpc) is 1.79. The lowest BCUT2D eigenvalue weighted by Gasteiger charge is -2.12.